The van der Waals surface area contributed by atoms with Gasteiger partial charge in [0.2, 0.25) is 0 Å². The lowest BCUT2D eigenvalue weighted by atomic mass is 9.83. The van der Waals surface area contributed by atoms with Gasteiger partial charge in [0.05, 0.1) is 13.2 Å². The maximum absolute atomic E-state index is 13.8. The Morgan fingerprint density at radius 1 is 0.394 bits per heavy atom. The third kappa shape index (κ3) is 18.0. The van der Waals surface area contributed by atoms with Crippen molar-refractivity contribution in [2.75, 3.05) is 13.2 Å². The molecule has 0 radical (unpaired) electrons. The molecule has 0 aliphatic carbocycles. The van der Waals surface area contributed by atoms with Crippen molar-refractivity contribution in [3.8, 4) is 45.3 Å². The Balaban J connectivity index is 0.000000353. The normalized spacial score (nSPS) is 12.7. The number of unbranched alkanes of at least 4 members (excludes halogenated alkanes) is 12. The standard InChI is InChI=1S/C29H39F3O3.C25H31F3O3/c1-4-6-8-10-11-21-28(3,29(30,31)32)27(33)35-26-19-15-24(16-20-26)23-13-17-25(18-14-23)34-22-12-9-7-5-2;1-4-5-6-7-8-9-18-30-21-14-10-19(11-15-21)20-12-16-22(17-13-20)31-23(29)24(2,3)25(26,27)28/h13-20H,4-12,21-22H2,1-3H3;10-17H,4-9,18H2,1-3H3. The number of carbonyl (C=O) groups is 2. The summed E-state index contributed by atoms with van der Waals surface area (Å²) in [6.45, 7) is 10.4. The molecule has 0 heterocycles. The van der Waals surface area contributed by atoms with E-state index < -0.39 is 35.1 Å². The van der Waals surface area contributed by atoms with Crippen LogP contribution in [0.3, 0.4) is 0 Å². The number of hydrogen-bond donors (Lipinski definition) is 0. The van der Waals surface area contributed by atoms with Crippen LogP contribution in [0.1, 0.15) is 144 Å². The van der Waals surface area contributed by atoms with Gasteiger partial charge in [-0.05, 0) is 111 Å². The summed E-state index contributed by atoms with van der Waals surface area (Å²) in [5, 5.41) is 0. The van der Waals surface area contributed by atoms with Crippen molar-refractivity contribution in [2.45, 2.75) is 157 Å². The Labute approximate surface area is 388 Å². The second-order valence-corrected chi connectivity index (χ2v) is 17.5. The van der Waals surface area contributed by atoms with Crippen molar-refractivity contribution in [2.24, 2.45) is 10.8 Å². The van der Waals surface area contributed by atoms with Gasteiger partial charge < -0.3 is 18.9 Å². The van der Waals surface area contributed by atoms with Crippen LogP contribution in [0.5, 0.6) is 23.0 Å². The van der Waals surface area contributed by atoms with Crippen molar-refractivity contribution in [1.29, 1.82) is 0 Å². The van der Waals surface area contributed by atoms with Gasteiger partial charge in [-0.15, -0.1) is 0 Å². The Hall–Kier alpha value is -5.00. The van der Waals surface area contributed by atoms with E-state index in [2.05, 4.69) is 13.8 Å². The van der Waals surface area contributed by atoms with E-state index in [0.717, 1.165) is 93.0 Å². The highest BCUT2D eigenvalue weighted by Gasteiger charge is 2.57. The summed E-state index contributed by atoms with van der Waals surface area (Å²) in [7, 11) is 0. The maximum Gasteiger partial charge on any atom is 0.404 e. The molecule has 4 rings (SSSR count). The molecule has 0 aliphatic heterocycles. The summed E-state index contributed by atoms with van der Waals surface area (Å²) < 4.78 is 102. The number of hydrogen-bond acceptors (Lipinski definition) is 6. The summed E-state index contributed by atoms with van der Waals surface area (Å²) in [5.74, 6) is -0.806. The van der Waals surface area contributed by atoms with E-state index in [1.165, 1.54) is 69.2 Å². The van der Waals surface area contributed by atoms with Gasteiger partial charge in [-0.2, -0.15) is 26.3 Å². The van der Waals surface area contributed by atoms with E-state index >= 15 is 0 Å². The summed E-state index contributed by atoms with van der Waals surface area (Å²) in [4.78, 5) is 24.5. The van der Waals surface area contributed by atoms with Crippen molar-refractivity contribution in [3.05, 3.63) is 97.1 Å². The number of benzene rings is 4. The lowest BCUT2D eigenvalue weighted by Crippen LogP contribution is -2.45. The van der Waals surface area contributed by atoms with Gasteiger partial charge in [0.25, 0.3) is 0 Å². The van der Waals surface area contributed by atoms with Crippen molar-refractivity contribution >= 4 is 11.9 Å². The fraction of sp³-hybridized carbons (Fsp3) is 0.519. The molecule has 6 nitrogen and oxygen atoms in total. The molecule has 0 amide bonds. The summed E-state index contributed by atoms with van der Waals surface area (Å²) in [6.07, 6.45) is 6.10. The highest BCUT2D eigenvalue weighted by Crippen LogP contribution is 2.44. The summed E-state index contributed by atoms with van der Waals surface area (Å²) >= 11 is 0. The number of halogens is 6. The number of esters is 2. The van der Waals surface area contributed by atoms with Crippen LogP contribution in [0.2, 0.25) is 0 Å². The van der Waals surface area contributed by atoms with Gasteiger partial charge in [-0.1, -0.05) is 153 Å². The van der Waals surface area contributed by atoms with Crippen LogP contribution in [-0.4, -0.2) is 37.5 Å². The van der Waals surface area contributed by atoms with E-state index in [1.54, 1.807) is 24.3 Å². The molecule has 0 bridgehead atoms. The molecule has 0 fully saturated rings. The number of carbonyl (C=O) groups excluding carboxylic acids is 2. The first-order chi connectivity index (χ1) is 31.4. The molecule has 0 spiro atoms. The highest BCUT2D eigenvalue weighted by molar-refractivity contribution is 5.80. The zero-order valence-electron chi connectivity index (χ0n) is 39.7. The monoisotopic (exact) mass is 929 g/mol. The van der Waals surface area contributed by atoms with Crippen LogP contribution in [0, 0.1) is 10.8 Å². The smallest absolute Gasteiger partial charge is 0.404 e. The van der Waals surface area contributed by atoms with E-state index in [-0.39, 0.29) is 17.9 Å². The van der Waals surface area contributed by atoms with Gasteiger partial charge >= 0.3 is 24.3 Å². The molecule has 364 valence electrons. The van der Waals surface area contributed by atoms with Crippen LogP contribution < -0.4 is 18.9 Å². The molecule has 4 aromatic rings. The van der Waals surface area contributed by atoms with Crippen molar-refractivity contribution in [1.82, 2.24) is 0 Å². The van der Waals surface area contributed by atoms with Crippen LogP contribution in [-0.2, 0) is 9.59 Å². The quantitative estimate of drug-likeness (QED) is 0.0270. The molecule has 0 N–H and O–H groups in total. The highest BCUT2D eigenvalue weighted by atomic mass is 19.4. The lowest BCUT2D eigenvalue weighted by molar-refractivity contribution is -0.227. The number of ether oxygens (including phenoxy) is 4. The van der Waals surface area contributed by atoms with Gasteiger partial charge in [0, 0.05) is 0 Å². The lowest BCUT2D eigenvalue weighted by Gasteiger charge is -2.29. The molecule has 1 atom stereocenters. The Morgan fingerprint density at radius 2 is 0.697 bits per heavy atom. The van der Waals surface area contributed by atoms with Gasteiger partial charge in [-0.3, -0.25) is 9.59 Å². The fourth-order valence-corrected chi connectivity index (χ4v) is 6.72. The topological polar surface area (TPSA) is 71.1 Å². The molecule has 1 unspecified atom stereocenters. The minimum atomic E-state index is -4.68. The molecule has 0 saturated carbocycles. The predicted molar refractivity (Wildman–Crippen MR) is 251 cm³/mol. The second kappa shape index (κ2) is 27.6. The number of alkyl halides is 6. The molecule has 0 aromatic heterocycles. The average molecular weight is 929 g/mol. The van der Waals surface area contributed by atoms with Gasteiger partial charge in [0.1, 0.15) is 23.0 Å². The molecule has 0 aliphatic rings. The SMILES string of the molecule is CCCCCCCC(C)(C(=O)Oc1ccc(-c2ccc(OCCCCCC)cc2)cc1)C(F)(F)F.CCCCCCCCOc1ccc(-c2ccc(OC(=O)C(C)(C)C(F)(F)F)cc2)cc1. The summed E-state index contributed by atoms with van der Waals surface area (Å²) in [6, 6.07) is 28.2. The van der Waals surface area contributed by atoms with Gasteiger partial charge in [0.15, 0.2) is 10.8 Å². The molecular weight excluding hydrogens is 859 g/mol. The maximum atomic E-state index is 13.8. The van der Waals surface area contributed by atoms with E-state index in [0.29, 0.717) is 26.1 Å². The van der Waals surface area contributed by atoms with Crippen molar-refractivity contribution in [3.63, 3.8) is 0 Å². The molecule has 12 heteroatoms. The zero-order valence-corrected chi connectivity index (χ0v) is 39.7. The van der Waals surface area contributed by atoms with Crippen LogP contribution in [0.15, 0.2) is 97.1 Å². The van der Waals surface area contributed by atoms with Crippen LogP contribution >= 0.6 is 0 Å². The van der Waals surface area contributed by atoms with E-state index in [1.807, 2.05) is 55.5 Å². The largest absolute Gasteiger partial charge is 0.494 e. The Bertz CT molecular complexity index is 1970. The van der Waals surface area contributed by atoms with Crippen LogP contribution in [0.4, 0.5) is 26.3 Å². The van der Waals surface area contributed by atoms with Crippen LogP contribution in [0.25, 0.3) is 22.3 Å². The Kier molecular flexibility index (Phi) is 23.1. The minimum absolute atomic E-state index is 0.0740. The van der Waals surface area contributed by atoms with E-state index in [9.17, 15) is 35.9 Å². The summed E-state index contributed by atoms with van der Waals surface area (Å²) in [5.41, 5.74) is -1.50. The first kappa shape index (κ1) is 55.3. The predicted octanol–water partition coefficient (Wildman–Crippen LogP) is 16.7. The first-order valence-corrected chi connectivity index (χ1v) is 23.6. The van der Waals surface area contributed by atoms with E-state index in [4.69, 9.17) is 18.9 Å². The molecule has 0 saturated heterocycles. The molecule has 4 aromatic carbocycles. The van der Waals surface area contributed by atoms with Gasteiger partial charge in [-0.25, -0.2) is 0 Å². The third-order valence-corrected chi connectivity index (χ3v) is 11.6. The second-order valence-electron chi connectivity index (χ2n) is 17.5. The first-order valence-electron chi connectivity index (χ1n) is 23.6. The van der Waals surface area contributed by atoms with Crippen molar-refractivity contribution < 1.29 is 54.9 Å². The fourth-order valence-electron chi connectivity index (χ4n) is 6.72. The number of rotatable bonds is 26. The molecular formula is C54H70F6O6. The Morgan fingerprint density at radius 3 is 1.05 bits per heavy atom. The third-order valence-electron chi connectivity index (χ3n) is 11.6. The minimum Gasteiger partial charge on any atom is -0.494 e. The average Bonchev–Trinajstić information content (AvgIpc) is 3.29. The zero-order chi connectivity index (χ0) is 48.6. The molecule has 66 heavy (non-hydrogen) atoms.